The van der Waals surface area contributed by atoms with Gasteiger partial charge in [-0.1, -0.05) is 48.1 Å². The Hall–Kier alpha value is -1.04. The van der Waals surface area contributed by atoms with Crippen molar-refractivity contribution in [3.63, 3.8) is 0 Å². The highest BCUT2D eigenvalue weighted by Crippen LogP contribution is 2.37. The Balaban J connectivity index is 2.22. The Bertz CT molecular complexity index is 301. The average molecular weight is 186 g/mol. The Kier molecular flexibility index (Phi) is 2.72. The fourth-order valence-corrected chi connectivity index (χ4v) is 2.17. The van der Waals surface area contributed by atoms with E-state index in [0.29, 0.717) is 0 Å². The van der Waals surface area contributed by atoms with Gasteiger partial charge in [-0.25, -0.2) is 0 Å². The van der Waals surface area contributed by atoms with Crippen LogP contribution in [0.1, 0.15) is 32.6 Å². The molecule has 0 aromatic rings. The molecule has 0 unspecified atom stereocenters. The minimum absolute atomic E-state index is 0.196. The topological polar surface area (TPSA) is 0 Å². The third-order valence-corrected chi connectivity index (χ3v) is 3.19. The number of hydrogen-bond donors (Lipinski definition) is 0. The van der Waals surface area contributed by atoms with Crippen molar-refractivity contribution in [3.05, 3.63) is 48.1 Å². The van der Waals surface area contributed by atoms with E-state index in [1.165, 1.54) is 25.7 Å². The van der Waals surface area contributed by atoms with E-state index in [-0.39, 0.29) is 5.41 Å². The van der Waals surface area contributed by atoms with Crippen molar-refractivity contribution in [1.29, 1.82) is 0 Å². The van der Waals surface area contributed by atoms with Gasteiger partial charge in [-0.15, -0.1) is 0 Å². The zero-order chi connectivity index (χ0) is 9.86. The molecule has 0 amide bonds. The standard InChI is InChI=1S/C14H18/c1-14(11-7-8-12-14)13-9-5-3-2-4-6-10-13/h3,5,7-9,11-12H,2,4,6,10H2,1H3. The Morgan fingerprint density at radius 3 is 2.64 bits per heavy atom. The van der Waals surface area contributed by atoms with Crippen LogP contribution in [-0.4, -0.2) is 0 Å². The van der Waals surface area contributed by atoms with Gasteiger partial charge in [-0.05, 0) is 32.6 Å². The molecule has 0 radical (unpaired) electrons. The van der Waals surface area contributed by atoms with Crippen molar-refractivity contribution >= 4 is 0 Å². The summed E-state index contributed by atoms with van der Waals surface area (Å²) in [6.07, 6.45) is 20.9. The summed E-state index contributed by atoms with van der Waals surface area (Å²) in [5, 5.41) is 0. The molecule has 74 valence electrons. The largest absolute Gasteiger partial charge is 0.0845 e. The van der Waals surface area contributed by atoms with Crippen molar-refractivity contribution in [2.75, 3.05) is 0 Å². The first kappa shape index (κ1) is 9.51. The highest BCUT2D eigenvalue weighted by molar-refractivity contribution is 5.37. The van der Waals surface area contributed by atoms with Gasteiger partial charge in [0.05, 0.1) is 0 Å². The van der Waals surface area contributed by atoms with Crippen molar-refractivity contribution in [2.45, 2.75) is 32.6 Å². The van der Waals surface area contributed by atoms with Gasteiger partial charge in [0.1, 0.15) is 0 Å². The molecule has 14 heavy (non-hydrogen) atoms. The average Bonchev–Trinajstić information content (AvgIpc) is 2.52. The third kappa shape index (κ3) is 1.89. The number of rotatable bonds is 1. The summed E-state index contributed by atoms with van der Waals surface area (Å²) in [6, 6.07) is 0. The van der Waals surface area contributed by atoms with Gasteiger partial charge in [0, 0.05) is 5.41 Å². The molecule has 0 aliphatic heterocycles. The van der Waals surface area contributed by atoms with Crippen molar-refractivity contribution in [3.8, 4) is 0 Å². The summed E-state index contributed by atoms with van der Waals surface area (Å²) < 4.78 is 0. The van der Waals surface area contributed by atoms with Crippen LogP contribution in [0.15, 0.2) is 48.1 Å². The molecule has 0 nitrogen and oxygen atoms in total. The van der Waals surface area contributed by atoms with Crippen LogP contribution in [0.3, 0.4) is 0 Å². The maximum atomic E-state index is 2.30. The minimum Gasteiger partial charge on any atom is -0.0845 e. The molecule has 2 aliphatic carbocycles. The van der Waals surface area contributed by atoms with Crippen LogP contribution in [0.25, 0.3) is 0 Å². The number of allylic oxidation sites excluding steroid dienone is 8. The van der Waals surface area contributed by atoms with Crippen LogP contribution in [0.2, 0.25) is 0 Å². The van der Waals surface area contributed by atoms with Crippen molar-refractivity contribution in [2.24, 2.45) is 5.41 Å². The fraction of sp³-hybridized carbons (Fsp3) is 0.429. The Morgan fingerprint density at radius 2 is 1.86 bits per heavy atom. The molecule has 0 bridgehead atoms. The van der Waals surface area contributed by atoms with Crippen LogP contribution in [0, 0.1) is 5.41 Å². The van der Waals surface area contributed by atoms with E-state index in [0.717, 1.165) is 0 Å². The molecule has 0 aromatic heterocycles. The van der Waals surface area contributed by atoms with Gasteiger partial charge in [0.15, 0.2) is 0 Å². The fourth-order valence-electron chi connectivity index (χ4n) is 2.17. The van der Waals surface area contributed by atoms with Crippen molar-refractivity contribution in [1.82, 2.24) is 0 Å². The van der Waals surface area contributed by atoms with Gasteiger partial charge < -0.3 is 0 Å². The summed E-state index contributed by atoms with van der Waals surface area (Å²) in [6.45, 7) is 2.30. The SMILES string of the molecule is CC1(C2=CC=CCCCC2)C=CC=C1. The van der Waals surface area contributed by atoms with E-state index in [1.54, 1.807) is 5.57 Å². The maximum absolute atomic E-state index is 2.30. The zero-order valence-electron chi connectivity index (χ0n) is 8.87. The van der Waals surface area contributed by atoms with Crippen molar-refractivity contribution < 1.29 is 0 Å². The van der Waals surface area contributed by atoms with Gasteiger partial charge in [-0.2, -0.15) is 0 Å². The quantitative estimate of drug-likeness (QED) is 0.576. The molecule has 0 atom stereocenters. The predicted molar refractivity (Wildman–Crippen MR) is 62.1 cm³/mol. The van der Waals surface area contributed by atoms with E-state index in [1.807, 2.05) is 0 Å². The van der Waals surface area contributed by atoms with Crippen LogP contribution in [-0.2, 0) is 0 Å². The molecule has 0 heterocycles. The smallest absolute Gasteiger partial charge is 0.0252 e. The third-order valence-electron chi connectivity index (χ3n) is 3.19. The normalized spacial score (nSPS) is 24.5. The highest BCUT2D eigenvalue weighted by atomic mass is 14.3. The van der Waals surface area contributed by atoms with Crippen LogP contribution in [0.5, 0.6) is 0 Å². The summed E-state index contributed by atoms with van der Waals surface area (Å²) in [7, 11) is 0. The molecule has 2 aliphatic rings. The predicted octanol–water partition coefficient (Wildman–Crippen LogP) is 4.18. The maximum Gasteiger partial charge on any atom is 0.0252 e. The van der Waals surface area contributed by atoms with E-state index in [2.05, 4.69) is 49.5 Å². The summed E-state index contributed by atoms with van der Waals surface area (Å²) in [5.74, 6) is 0. The van der Waals surface area contributed by atoms with E-state index in [9.17, 15) is 0 Å². The zero-order valence-corrected chi connectivity index (χ0v) is 8.87. The first-order chi connectivity index (χ1) is 6.81. The lowest BCUT2D eigenvalue weighted by Gasteiger charge is -2.24. The highest BCUT2D eigenvalue weighted by Gasteiger charge is 2.23. The van der Waals surface area contributed by atoms with Crippen LogP contribution < -0.4 is 0 Å². The van der Waals surface area contributed by atoms with E-state index in [4.69, 9.17) is 0 Å². The first-order valence-corrected chi connectivity index (χ1v) is 5.54. The lowest BCUT2D eigenvalue weighted by Crippen LogP contribution is -2.11. The van der Waals surface area contributed by atoms with Gasteiger partial charge in [-0.3, -0.25) is 0 Å². The first-order valence-electron chi connectivity index (χ1n) is 5.54. The van der Waals surface area contributed by atoms with E-state index < -0.39 is 0 Å². The van der Waals surface area contributed by atoms with Crippen LogP contribution in [0.4, 0.5) is 0 Å². The second kappa shape index (κ2) is 4.00. The van der Waals surface area contributed by atoms with Gasteiger partial charge in [0.25, 0.3) is 0 Å². The Labute approximate surface area is 86.7 Å². The minimum atomic E-state index is 0.196. The van der Waals surface area contributed by atoms with Gasteiger partial charge >= 0.3 is 0 Å². The molecule has 0 heteroatoms. The molecule has 2 rings (SSSR count). The van der Waals surface area contributed by atoms with E-state index >= 15 is 0 Å². The monoisotopic (exact) mass is 186 g/mol. The summed E-state index contributed by atoms with van der Waals surface area (Å²) in [4.78, 5) is 0. The molecule has 0 saturated heterocycles. The summed E-state index contributed by atoms with van der Waals surface area (Å²) in [5.41, 5.74) is 1.75. The number of hydrogen-bond acceptors (Lipinski definition) is 0. The molecule has 0 aromatic carbocycles. The summed E-state index contributed by atoms with van der Waals surface area (Å²) >= 11 is 0. The second-order valence-corrected chi connectivity index (χ2v) is 4.37. The Morgan fingerprint density at radius 1 is 1.07 bits per heavy atom. The second-order valence-electron chi connectivity index (χ2n) is 4.37. The lowest BCUT2D eigenvalue weighted by molar-refractivity contribution is 0.600. The molecule has 0 N–H and O–H groups in total. The van der Waals surface area contributed by atoms with Gasteiger partial charge in [0.2, 0.25) is 0 Å². The van der Waals surface area contributed by atoms with Crippen LogP contribution >= 0.6 is 0 Å². The molecule has 0 spiro atoms. The molecular formula is C14H18. The molecule has 0 saturated carbocycles. The molecular weight excluding hydrogens is 168 g/mol. The molecule has 0 fully saturated rings. The lowest BCUT2D eigenvalue weighted by atomic mass is 9.80.